The molecule has 6 nitrogen and oxygen atoms in total. The number of carbonyl (C=O) groups is 1. The van der Waals surface area contributed by atoms with Crippen molar-refractivity contribution in [1.29, 1.82) is 0 Å². The number of ether oxygens (including phenoxy) is 1. The highest BCUT2D eigenvalue weighted by Gasteiger charge is 2.29. The van der Waals surface area contributed by atoms with Gasteiger partial charge in [-0.2, -0.15) is 0 Å². The summed E-state index contributed by atoms with van der Waals surface area (Å²) in [7, 11) is 0. The molecule has 1 aromatic heterocycles. The fourth-order valence-corrected chi connectivity index (χ4v) is 3.88. The van der Waals surface area contributed by atoms with Crippen LogP contribution in [0.2, 0.25) is 0 Å². The van der Waals surface area contributed by atoms with Crippen LogP contribution in [0.5, 0.6) is 5.75 Å². The summed E-state index contributed by atoms with van der Waals surface area (Å²) in [6, 6.07) is 14.9. The fourth-order valence-electron chi connectivity index (χ4n) is 3.88. The first-order valence-corrected chi connectivity index (χ1v) is 9.71. The summed E-state index contributed by atoms with van der Waals surface area (Å²) in [5.74, 6) is -0.554. The number of hydrogen-bond acceptors (Lipinski definition) is 5. The molecule has 1 fully saturated rings. The summed E-state index contributed by atoms with van der Waals surface area (Å²) in [6.45, 7) is 3.74. The monoisotopic (exact) mass is 393 g/mol. The molecule has 1 amide bonds. The van der Waals surface area contributed by atoms with Crippen molar-refractivity contribution in [2.24, 2.45) is 0 Å². The van der Waals surface area contributed by atoms with Crippen molar-refractivity contribution in [2.45, 2.75) is 19.3 Å². The minimum atomic E-state index is -0.580. The molecule has 0 aliphatic carbocycles. The van der Waals surface area contributed by atoms with E-state index < -0.39 is 17.1 Å². The number of aryl methyl sites for hydroxylation is 1. The summed E-state index contributed by atoms with van der Waals surface area (Å²) in [5, 5.41) is 12.5. The van der Waals surface area contributed by atoms with Crippen LogP contribution in [0.3, 0.4) is 0 Å². The minimum Gasteiger partial charge on any atom is -0.502 e. The van der Waals surface area contributed by atoms with E-state index in [-0.39, 0.29) is 18.1 Å². The standard InChI is InChI=1S/C23H23NO5/c1-15-13-20(25)22(27)23(29-15)19(14-21(26)24-9-11-28-12-10-24)18-8-4-6-16-5-2-3-7-17(16)18/h2-8,13,19,27H,9-12,14H2,1H3/t19-/m1/s1. The molecule has 0 saturated carbocycles. The van der Waals surface area contributed by atoms with Gasteiger partial charge < -0.3 is 19.2 Å². The average Bonchev–Trinajstić information content (AvgIpc) is 2.75. The number of carbonyl (C=O) groups excluding carboxylic acids is 1. The van der Waals surface area contributed by atoms with Gasteiger partial charge >= 0.3 is 0 Å². The first-order chi connectivity index (χ1) is 14.0. The van der Waals surface area contributed by atoms with Gasteiger partial charge in [0.2, 0.25) is 17.1 Å². The first-order valence-electron chi connectivity index (χ1n) is 9.71. The highest BCUT2D eigenvalue weighted by molar-refractivity contribution is 5.88. The topological polar surface area (TPSA) is 80.0 Å². The normalized spacial score (nSPS) is 15.4. The molecule has 29 heavy (non-hydrogen) atoms. The van der Waals surface area contributed by atoms with Gasteiger partial charge in [-0.1, -0.05) is 42.5 Å². The van der Waals surface area contributed by atoms with Gasteiger partial charge in [0.15, 0.2) is 5.76 Å². The van der Waals surface area contributed by atoms with Crippen molar-refractivity contribution in [3.63, 3.8) is 0 Å². The second-order valence-electron chi connectivity index (χ2n) is 7.25. The molecule has 1 N–H and O–H groups in total. The van der Waals surface area contributed by atoms with Gasteiger partial charge in [-0.15, -0.1) is 0 Å². The van der Waals surface area contributed by atoms with Gasteiger partial charge in [0.05, 0.1) is 19.1 Å². The summed E-state index contributed by atoms with van der Waals surface area (Å²) in [6.07, 6.45) is 0.0912. The van der Waals surface area contributed by atoms with E-state index >= 15 is 0 Å². The number of hydrogen-bond donors (Lipinski definition) is 1. The predicted molar refractivity (Wildman–Crippen MR) is 109 cm³/mol. The average molecular weight is 393 g/mol. The number of benzene rings is 2. The van der Waals surface area contributed by atoms with Crippen LogP contribution in [0.15, 0.2) is 57.7 Å². The van der Waals surface area contributed by atoms with E-state index in [9.17, 15) is 14.7 Å². The molecule has 6 heteroatoms. The Morgan fingerprint density at radius 2 is 1.86 bits per heavy atom. The molecule has 1 atom stereocenters. The zero-order valence-corrected chi connectivity index (χ0v) is 16.3. The predicted octanol–water partition coefficient (Wildman–Crippen LogP) is 3.19. The van der Waals surface area contributed by atoms with Crippen molar-refractivity contribution < 1.29 is 19.1 Å². The summed E-state index contributed by atoms with van der Waals surface area (Å²) >= 11 is 0. The van der Waals surface area contributed by atoms with Gasteiger partial charge in [0, 0.05) is 25.6 Å². The molecule has 0 unspecified atom stereocenters. The Morgan fingerprint density at radius 3 is 2.66 bits per heavy atom. The SMILES string of the molecule is Cc1cc(=O)c(O)c([C@H](CC(=O)N2CCOCC2)c2cccc3ccccc23)o1. The highest BCUT2D eigenvalue weighted by atomic mass is 16.5. The Kier molecular flexibility index (Phi) is 5.36. The van der Waals surface area contributed by atoms with Crippen LogP contribution in [0.25, 0.3) is 10.8 Å². The first kappa shape index (κ1) is 19.2. The molecule has 4 rings (SSSR count). The number of aromatic hydroxyl groups is 1. The Hall–Kier alpha value is -3.12. The summed E-state index contributed by atoms with van der Waals surface area (Å²) < 4.78 is 11.1. The van der Waals surface area contributed by atoms with Crippen molar-refractivity contribution in [2.75, 3.05) is 26.3 Å². The zero-order chi connectivity index (χ0) is 20.4. The maximum absolute atomic E-state index is 13.0. The molecule has 0 bridgehead atoms. The smallest absolute Gasteiger partial charge is 0.227 e. The molecule has 2 aromatic carbocycles. The maximum atomic E-state index is 13.0. The molecular formula is C23H23NO5. The van der Waals surface area contributed by atoms with E-state index in [1.165, 1.54) is 6.07 Å². The Bertz CT molecular complexity index is 1090. The van der Waals surface area contributed by atoms with Crippen LogP contribution >= 0.6 is 0 Å². The number of amides is 1. The Balaban J connectivity index is 1.83. The maximum Gasteiger partial charge on any atom is 0.227 e. The molecule has 0 spiro atoms. The lowest BCUT2D eigenvalue weighted by atomic mass is 9.88. The summed E-state index contributed by atoms with van der Waals surface area (Å²) in [4.78, 5) is 27.0. The Morgan fingerprint density at radius 1 is 1.14 bits per heavy atom. The van der Waals surface area contributed by atoms with Crippen LogP contribution in [-0.4, -0.2) is 42.2 Å². The molecule has 150 valence electrons. The van der Waals surface area contributed by atoms with Gasteiger partial charge in [0.25, 0.3) is 0 Å². The zero-order valence-electron chi connectivity index (χ0n) is 16.3. The molecular weight excluding hydrogens is 370 g/mol. The molecule has 2 heterocycles. The van der Waals surface area contributed by atoms with E-state index in [0.29, 0.717) is 32.1 Å². The number of fused-ring (bicyclic) bond motifs is 1. The van der Waals surface area contributed by atoms with Crippen LogP contribution in [-0.2, 0) is 9.53 Å². The van der Waals surface area contributed by atoms with Crippen LogP contribution in [0, 0.1) is 6.92 Å². The highest BCUT2D eigenvalue weighted by Crippen LogP contribution is 2.37. The summed E-state index contributed by atoms with van der Waals surface area (Å²) in [5.41, 5.74) is 0.335. The molecule has 0 radical (unpaired) electrons. The van der Waals surface area contributed by atoms with E-state index in [2.05, 4.69) is 0 Å². The number of morpholine rings is 1. The quantitative estimate of drug-likeness (QED) is 0.736. The fraction of sp³-hybridized carbons (Fsp3) is 0.304. The lowest BCUT2D eigenvalue weighted by Gasteiger charge is -2.29. The van der Waals surface area contributed by atoms with Gasteiger partial charge in [-0.05, 0) is 23.3 Å². The molecule has 1 aliphatic heterocycles. The third kappa shape index (κ3) is 3.89. The lowest BCUT2D eigenvalue weighted by molar-refractivity contribution is -0.135. The van der Waals surface area contributed by atoms with Crippen LogP contribution in [0.4, 0.5) is 0 Å². The number of nitrogens with zero attached hydrogens (tertiary/aromatic N) is 1. The molecule has 3 aromatic rings. The second kappa shape index (κ2) is 8.09. The van der Waals surface area contributed by atoms with E-state index in [1.54, 1.807) is 11.8 Å². The lowest BCUT2D eigenvalue weighted by Crippen LogP contribution is -2.41. The Labute approximate surface area is 168 Å². The van der Waals surface area contributed by atoms with Gasteiger partial charge in [-0.25, -0.2) is 0 Å². The number of rotatable bonds is 4. The van der Waals surface area contributed by atoms with E-state index in [1.807, 2.05) is 42.5 Å². The third-order valence-corrected chi connectivity index (χ3v) is 5.33. The van der Waals surface area contributed by atoms with Crippen molar-refractivity contribution >= 4 is 16.7 Å². The molecule has 1 aliphatic rings. The van der Waals surface area contributed by atoms with Crippen LogP contribution < -0.4 is 5.43 Å². The van der Waals surface area contributed by atoms with Gasteiger partial charge in [-0.3, -0.25) is 9.59 Å². The third-order valence-electron chi connectivity index (χ3n) is 5.33. The van der Waals surface area contributed by atoms with E-state index in [0.717, 1.165) is 16.3 Å². The minimum absolute atomic E-state index is 0.0604. The largest absolute Gasteiger partial charge is 0.502 e. The van der Waals surface area contributed by atoms with Crippen molar-refractivity contribution in [1.82, 2.24) is 4.90 Å². The van der Waals surface area contributed by atoms with Crippen LogP contribution in [0.1, 0.15) is 29.4 Å². The van der Waals surface area contributed by atoms with Gasteiger partial charge in [0.1, 0.15) is 5.76 Å². The molecule has 1 saturated heterocycles. The van der Waals surface area contributed by atoms with E-state index in [4.69, 9.17) is 9.15 Å². The van der Waals surface area contributed by atoms with Crippen molar-refractivity contribution in [3.8, 4) is 5.75 Å². The second-order valence-corrected chi connectivity index (χ2v) is 7.25. The van der Waals surface area contributed by atoms with Crippen molar-refractivity contribution in [3.05, 3.63) is 75.8 Å².